The van der Waals surface area contributed by atoms with Crippen LogP contribution in [-0.2, 0) is 4.79 Å². The molecule has 16 heavy (non-hydrogen) atoms. The molecule has 1 aromatic rings. The highest BCUT2D eigenvalue weighted by Crippen LogP contribution is 2.18. The van der Waals surface area contributed by atoms with Gasteiger partial charge in [-0.15, -0.1) is 23.1 Å². The van der Waals surface area contributed by atoms with Gasteiger partial charge in [-0.25, -0.2) is 0 Å². The Hall–Kier alpha value is -0.520. The summed E-state index contributed by atoms with van der Waals surface area (Å²) in [5.74, 6) is 0.420. The van der Waals surface area contributed by atoms with Gasteiger partial charge in [0.05, 0.1) is 18.4 Å². The first-order valence-corrected chi connectivity index (χ1v) is 7.11. The molecule has 0 aliphatic rings. The number of hydrogen-bond donors (Lipinski definition) is 2. The van der Waals surface area contributed by atoms with Crippen molar-refractivity contribution < 1.29 is 9.90 Å². The topological polar surface area (TPSA) is 49.3 Å². The number of aliphatic hydroxyl groups excluding tert-OH is 1. The molecule has 0 bridgehead atoms. The molecule has 2 N–H and O–H groups in total. The lowest BCUT2D eigenvalue weighted by Crippen LogP contribution is -2.28. The number of carbonyl (C=O) groups excluding carboxylic acids is 1. The molecule has 0 saturated carbocycles. The summed E-state index contributed by atoms with van der Waals surface area (Å²) in [7, 11) is 0. The maximum atomic E-state index is 11.6. The van der Waals surface area contributed by atoms with Gasteiger partial charge in [0.15, 0.2) is 0 Å². The minimum absolute atomic E-state index is 0.0196. The van der Waals surface area contributed by atoms with Gasteiger partial charge < -0.3 is 10.4 Å². The van der Waals surface area contributed by atoms with Crippen LogP contribution in [0.25, 0.3) is 0 Å². The second-order valence-corrected chi connectivity index (χ2v) is 6.01. The lowest BCUT2D eigenvalue weighted by Gasteiger charge is -2.13. The predicted octanol–water partition coefficient (Wildman–Crippen LogP) is 2.04. The van der Waals surface area contributed by atoms with Crippen LogP contribution in [0.3, 0.4) is 0 Å². The summed E-state index contributed by atoms with van der Waals surface area (Å²) in [6.07, 6.45) is 0. The molecule has 3 nitrogen and oxygen atoms in total. The Morgan fingerprint density at radius 3 is 2.94 bits per heavy atom. The van der Waals surface area contributed by atoms with E-state index in [0.717, 1.165) is 4.88 Å². The van der Waals surface area contributed by atoms with Crippen LogP contribution in [0.5, 0.6) is 0 Å². The van der Waals surface area contributed by atoms with Crippen molar-refractivity contribution in [3.8, 4) is 0 Å². The third kappa shape index (κ3) is 4.55. The molecule has 1 aromatic heterocycles. The van der Waals surface area contributed by atoms with E-state index in [9.17, 15) is 4.79 Å². The van der Waals surface area contributed by atoms with Crippen molar-refractivity contribution in [1.29, 1.82) is 0 Å². The van der Waals surface area contributed by atoms with Crippen LogP contribution < -0.4 is 5.32 Å². The lowest BCUT2D eigenvalue weighted by atomic mass is 10.3. The summed E-state index contributed by atoms with van der Waals surface area (Å²) >= 11 is 3.11. The second-order valence-electron chi connectivity index (χ2n) is 3.61. The highest BCUT2D eigenvalue weighted by Gasteiger charge is 2.11. The molecule has 0 radical (unpaired) electrons. The third-order valence-corrected chi connectivity index (χ3v) is 4.31. The average molecular weight is 259 g/mol. The molecular weight excluding hydrogens is 242 g/mol. The lowest BCUT2D eigenvalue weighted by molar-refractivity contribution is -0.119. The first kappa shape index (κ1) is 13.5. The van der Waals surface area contributed by atoms with Crippen LogP contribution in [0, 0.1) is 0 Å². The van der Waals surface area contributed by atoms with Gasteiger partial charge in [-0.3, -0.25) is 4.79 Å². The van der Waals surface area contributed by atoms with Gasteiger partial charge in [-0.2, -0.15) is 0 Å². The van der Waals surface area contributed by atoms with E-state index in [2.05, 4.69) is 5.32 Å². The average Bonchev–Trinajstić information content (AvgIpc) is 2.79. The Labute approximate surface area is 104 Å². The van der Waals surface area contributed by atoms with E-state index in [1.807, 2.05) is 31.4 Å². The first-order valence-electron chi connectivity index (χ1n) is 5.18. The number of thiophene rings is 1. The number of carbonyl (C=O) groups is 1. The molecule has 5 heteroatoms. The smallest absolute Gasteiger partial charge is 0.230 e. The van der Waals surface area contributed by atoms with Crippen molar-refractivity contribution >= 4 is 29.0 Å². The van der Waals surface area contributed by atoms with E-state index in [-0.39, 0.29) is 23.8 Å². The second kappa shape index (κ2) is 6.93. The molecule has 0 saturated heterocycles. The Balaban J connectivity index is 2.29. The molecule has 0 aliphatic heterocycles. The monoisotopic (exact) mass is 259 g/mol. The van der Waals surface area contributed by atoms with Crippen molar-refractivity contribution in [2.24, 2.45) is 0 Å². The Kier molecular flexibility index (Phi) is 5.87. The van der Waals surface area contributed by atoms with Crippen molar-refractivity contribution in [3.05, 3.63) is 22.4 Å². The SMILES string of the molecule is CC(CO)SCC(=O)NC(C)c1cccs1. The van der Waals surface area contributed by atoms with Gasteiger partial charge in [0.25, 0.3) is 0 Å². The molecule has 2 unspecified atom stereocenters. The van der Waals surface area contributed by atoms with E-state index < -0.39 is 0 Å². The summed E-state index contributed by atoms with van der Waals surface area (Å²) in [4.78, 5) is 12.7. The minimum atomic E-state index is 0.0196. The first-order chi connectivity index (χ1) is 7.63. The molecule has 0 aliphatic carbocycles. The fraction of sp³-hybridized carbons (Fsp3) is 0.545. The predicted molar refractivity (Wildman–Crippen MR) is 69.9 cm³/mol. The maximum absolute atomic E-state index is 11.6. The fourth-order valence-electron chi connectivity index (χ4n) is 1.16. The normalized spacial score (nSPS) is 14.4. The number of rotatable bonds is 6. The fourth-order valence-corrected chi connectivity index (χ4v) is 2.52. The molecule has 0 aromatic carbocycles. The van der Waals surface area contributed by atoms with Gasteiger partial charge in [0, 0.05) is 10.1 Å². The number of aliphatic hydroxyl groups is 1. The van der Waals surface area contributed by atoms with Crippen molar-refractivity contribution in [2.45, 2.75) is 25.1 Å². The summed E-state index contributed by atoms with van der Waals surface area (Å²) in [5, 5.41) is 13.9. The van der Waals surface area contributed by atoms with Gasteiger partial charge in [0.1, 0.15) is 0 Å². The van der Waals surface area contributed by atoms with Crippen LogP contribution in [0.4, 0.5) is 0 Å². The van der Waals surface area contributed by atoms with E-state index in [1.54, 1.807) is 11.3 Å². The summed E-state index contributed by atoms with van der Waals surface area (Å²) < 4.78 is 0. The van der Waals surface area contributed by atoms with Crippen LogP contribution in [-0.4, -0.2) is 28.6 Å². The number of hydrogen-bond acceptors (Lipinski definition) is 4. The third-order valence-electron chi connectivity index (χ3n) is 2.10. The van der Waals surface area contributed by atoms with Gasteiger partial charge in [-0.05, 0) is 18.4 Å². The van der Waals surface area contributed by atoms with Gasteiger partial charge in [0.2, 0.25) is 5.91 Å². The van der Waals surface area contributed by atoms with E-state index in [0.29, 0.717) is 5.75 Å². The number of thioether (sulfide) groups is 1. The molecular formula is C11H17NO2S2. The zero-order valence-corrected chi connectivity index (χ0v) is 11.1. The summed E-state index contributed by atoms with van der Waals surface area (Å²) in [6, 6.07) is 4.06. The van der Waals surface area contributed by atoms with Gasteiger partial charge >= 0.3 is 0 Å². The quantitative estimate of drug-likeness (QED) is 0.822. The Morgan fingerprint density at radius 2 is 2.38 bits per heavy atom. The van der Waals surface area contributed by atoms with Crippen LogP contribution >= 0.6 is 23.1 Å². The maximum Gasteiger partial charge on any atom is 0.230 e. The van der Waals surface area contributed by atoms with E-state index >= 15 is 0 Å². The Bertz CT molecular complexity index is 314. The standard InChI is InChI=1S/C11H17NO2S2/c1-8(6-13)16-7-11(14)12-9(2)10-4-3-5-15-10/h3-5,8-9,13H,6-7H2,1-2H3,(H,12,14). The zero-order chi connectivity index (χ0) is 12.0. The molecule has 1 heterocycles. The Morgan fingerprint density at radius 1 is 1.62 bits per heavy atom. The van der Waals surface area contributed by atoms with Crippen LogP contribution in [0.15, 0.2) is 17.5 Å². The number of nitrogens with one attached hydrogen (secondary N) is 1. The minimum Gasteiger partial charge on any atom is -0.395 e. The molecule has 90 valence electrons. The molecule has 2 atom stereocenters. The highest BCUT2D eigenvalue weighted by molar-refractivity contribution is 8.00. The molecule has 0 fully saturated rings. The largest absolute Gasteiger partial charge is 0.395 e. The van der Waals surface area contributed by atoms with Crippen LogP contribution in [0.2, 0.25) is 0 Å². The van der Waals surface area contributed by atoms with Crippen molar-refractivity contribution in [1.82, 2.24) is 5.32 Å². The zero-order valence-electron chi connectivity index (χ0n) is 9.47. The summed E-state index contributed by atoms with van der Waals surface area (Å²) in [5.41, 5.74) is 0. The van der Waals surface area contributed by atoms with Crippen molar-refractivity contribution in [2.75, 3.05) is 12.4 Å². The molecule has 1 rings (SSSR count). The number of amides is 1. The molecule has 0 spiro atoms. The van der Waals surface area contributed by atoms with Crippen molar-refractivity contribution in [3.63, 3.8) is 0 Å². The van der Waals surface area contributed by atoms with E-state index in [4.69, 9.17) is 5.11 Å². The summed E-state index contributed by atoms with van der Waals surface area (Å²) in [6.45, 7) is 3.99. The van der Waals surface area contributed by atoms with E-state index in [1.165, 1.54) is 11.8 Å². The van der Waals surface area contributed by atoms with Gasteiger partial charge in [-0.1, -0.05) is 13.0 Å². The molecule has 1 amide bonds. The van der Waals surface area contributed by atoms with Crippen LogP contribution in [0.1, 0.15) is 24.8 Å². The highest BCUT2D eigenvalue weighted by atomic mass is 32.2.